The van der Waals surface area contributed by atoms with Crippen molar-refractivity contribution in [1.29, 1.82) is 0 Å². The summed E-state index contributed by atoms with van der Waals surface area (Å²) in [6.07, 6.45) is 4.28. The average Bonchev–Trinajstić information content (AvgIpc) is 3.41. The van der Waals surface area contributed by atoms with Gasteiger partial charge in [0.05, 0.1) is 24.9 Å². The van der Waals surface area contributed by atoms with Crippen molar-refractivity contribution >= 4 is 11.8 Å². The van der Waals surface area contributed by atoms with Crippen molar-refractivity contribution in [3.8, 4) is 0 Å². The molecule has 0 radical (unpaired) electrons. The number of aliphatic hydroxyl groups excluding tert-OH is 2. The fraction of sp³-hybridized carbons (Fsp3) is 0.548. The lowest BCUT2D eigenvalue weighted by Crippen LogP contribution is -2.38. The summed E-state index contributed by atoms with van der Waals surface area (Å²) in [5.74, 6) is -0.391. The molecule has 224 valence electrons. The van der Waals surface area contributed by atoms with Crippen molar-refractivity contribution in [3.63, 3.8) is 0 Å². The maximum Gasteiger partial charge on any atom is 0.243 e. The molecule has 2 amide bonds. The molecule has 5 N–H and O–H groups in total. The number of benzene rings is 2. The molecule has 10 nitrogen and oxygen atoms in total. The lowest BCUT2D eigenvalue weighted by molar-refractivity contribution is -0.252. The summed E-state index contributed by atoms with van der Waals surface area (Å²) >= 11 is 0. The molecule has 2 saturated heterocycles. The highest BCUT2D eigenvalue weighted by Gasteiger charge is 2.34. The minimum atomic E-state index is -0.545. The Morgan fingerprint density at radius 1 is 0.878 bits per heavy atom. The number of hydroxylamine groups is 1. The number of carbonyl (C=O) groups excluding carboxylic acids is 2. The second-order valence-corrected chi connectivity index (χ2v) is 11.0. The van der Waals surface area contributed by atoms with E-state index in [1.54, 1.807) is 5.48 Å². The fourth-order valence-corrected chi connectivity index (χ4v) is 5.36. The van der Waals surface area contributed by atoms with Crippen LogP contribution in [0.3, 0.4) is 0 Å². The third-order valence-electron chi connectivity index (χ3n) is 7.75. The van der Waals surface area contributed by atoms with E-state index >= 15 is 0 Å². The summed E-state index contributed by atoms with van der Waals surface area (Å²) < 4.78 is 12.8. The predicted molar refractivity (Wildman–Crippen MR) is 151 cm³/mol. The first kappa shape index (κ1) is 31.1. The van der Waals surface area contributed by atoms with E-state index in [4.69, 9.17) is 14.7 Å². The van der Waals surface area contributed by atoms with Crippen molar-refractivity contribution in [3.05, 3.63) is 70.8 Å². The fourth-order valence-electron chi connectivity index (χ4n) is 5.36. The van der Waals surface area contributed by atoms with Crippen LogP contribution in [0.25, 0.3) is 0 Å². The molecule has 2 aliphatic rings. The van der Waals surface area contributed by atoms with Crippen LogP contribution in [0.1, 0.15) is 86.0 Å². The smallest absolute Gasteiger partial charge is 0.243 e. The van der Waals surface area contributed by atoms with Gasteiger partial charge in [-0.3, -0.25) is 19.7 Å². The van der Waals surface area contributed by atoms with E-state index in [9.17, 15) is 19.8 Å². The monoisotopic (exact) mass is 569 g/mol. The quantitative estimate of drug-likeness (QED) is 0.133. The molecule has 0 saturated carbocycles. The van der Waals surface area contributed by atoms with Crippen LogP contribution in [-0.2, 0) is 32.2 Å². The molecule has 2 heterocycles. The van der Waals surface area contributed by atoms with Crippen LogP contribution < -0.4 is 10.8 Å². The standard InChI is InChI=1S/C31H43N3O7/c35-21-23-9-11-24(12-10-23)28-17-27(20-34-16-15-26(36)19-34)40-31(41-28)25-13-7-22(8-14-25)18-32-29(37)5-3-1-2-4-6-30(38)33-39/h7-14,26-28,31,35-36,39H,1-6,15-21H2,(H,32,37)(H,33,38)/t26-,27+,28-,31-/m0/s1. The number of hydrogen-bond acceptors (Lipinski definition) is 8. The highest BCUT2D eigenvalue weighted by atomic mass is 16.7. The first-order chi connectivity index (χ1) is 19.9. The molecule has 4 rings (SSSR count). The summed E-state index contributed by atoms with van der Waals surface area (Å²) in [7, 11) is 0. The third-order valence-corrected chi connectivity index (χ3v) is 7.75. The number of aliphatic hydroxyl groups is 2. The van der Waals surface area contributed by atoms with Gasteiger partial charge in [0.25, 0.3) is 0 Å². The van der Waals surface area contributed by atoms with Gasteiger partial charge in [-0.25, -0.2) is 5.48 Å². The number of amides is 2. The zero-order valence-electron chi connectivity index (χ0n) is 23.5. The number of nitrogens with zero attached hydrogens (tertiary/aromatic N) is 1. The van der Waals surface area contributed by atoms with Crippen molar-refractivity contribution in [2.24, 2.45) is 0 Å². The third kappa shape index (κ3) is 9.88. The predicted octanol–water partition coefficient (Wildman–Crippen LogP) is 3.25. The zero-order chi connectivity index (χ0) is 29.0. The number of β-amino-alcohol motifs (C(OH)–C–C–N with tert-alkyl or cyclic N) is 1. The Morgan fingerprint density at radius 2 is 1.54 bits per heavy atom. The largest absolute Gasteiger partial charge is 0.392 e. The second kappa shape index (κ2) is 16.0. The van der Waals surface area contributed by atoms with Gasteiger partial charge in [0.2, 0.25) is 11.8 Å². The molecule has 41 heavy (non-hydrogen) atoms. The van der Waals surface area contributed by atoms with E-state index in [0.29, 0.717) is 32.4 Å². The number of ether oxygens (including phenoxy) is 2. The molecule has 0 unspecified atom stereocenters. The van der Waals surface area contributed by atoms with Crippen LogP contribution in [0.5, 0.6) is 0 Å². The molecule has 0 aliphatic carbocycles. The van der Waals surface area contributed by atoms with Crippen molar-refractivity contribution in [2.75, 3.05) is 19.6 Å². The number of carbonyl (C=O) groups is 2. The van der Waals surface area contributed by atoms with Gasteiger partial charge in [-0.2, -0.15) is 0 Å². The van der Waals surface area contributed by atoms with E-state index in [0.717, 1.165) is 61.0 Å². The molecule has 4 atom stereocenters. The molecule has 0 bridgehead atoms. The highest BCUT2D eigenvalue weighted by molar-refractivity contribution is 5.75. The molecule has 2 aliphatic heterocycles. The lowest BCUT2D eigenvalue weighted by Gasteiger charge is -2.37. The number of rotatable bonds is 14. The molecular weight excluding hydrogens is 526 g/mol. The van der Waals surface area contributed by atoms with Crippen molar-refractivity contribution in [2.45, 2.75) is 89.1 Å². The van der Waals surface area contributed by atoms with Gasteiger partial charge in [0, 0.05) is 51.0 Å². The maximum atomic E-state index is 12.2. The maximum absolute atomic E-state index is 12.2. The topological polar surface area (TPSA) is 141 Å². The summed E-state index contributed by atoms with van der Waals surface area (Å²) in [4.78, 5) is 25.5. The van der Waals surface area contributed by atoms with Crippen LogP contribution in [0.4, 0.5) is 0 Å². The molecular formula is C31H43N3O7. The Kier molecular flexibility index (Phi) is 12.1. The minimum Gasteiger partial charge on any atom is -0.392 e. The van der Waals surface area contributed by atoms with Gasteiger partial charge in [-0.05, 0) is 36.0 Å². The van der Waals surface area contributed by atoms with Gasteiger partial charge < -0.3 is 25.0 Å². The van der Waals surface area contributed by atoms with E-state index in [2.05, 4.69) is 10.2 Å². The number of nitrogens with one attached hydrogen (secondary N) is 2. The van der Waals surface area contributed by atoms with Gasteiger partial charge in [-0.1, -0.05) is 61.4 Å². The minimum absolute atomic E-state index is 0.00233. The lowest BCUT2D eigenvalue weighted by atomic mass is 9.99. The summed E-state index contributed by atoms with van der Waals surface area (Å²) in [5.41, 5.74) is 5.40. The van der Waals surface area contributed by atoms with E-state index in [-0.39, 0.29) is 43.2 Å². The van der Waals surface area contributed by atoms with Crippen LogP contribution in [0, 0.1) is 0 Å². The van der Waals surface area contributed by atoms with Crippen LogP contribution >= 0.6 is 0 Å². The number of hydrogen-bond donors (Lipinski definition) is 5. The molecule has 2 fully saturated rings. The van der Waals surface area contributed by atoms with Crippen LogP contribution in [0.2, 0.25) is 0 Å². The summed E-state index contributed by atoms with van der Waals surface area (Å²) in [6.45, 7) is 2.67. The van der Waals surface area contributed by atoms with Gasteiger partial charge in [-0.15, -0.1) is 0 Å². The average molecular weight is 570 g/mol. The first-order valence-electron chi connectivity index (χ1n) is 14.6. The Labute approximate surface area is 241 Å². The van der Waals surface area contributed by atoms with E-state index in [1.165, 1.54) is 0 Å². The highest BCUT2D eigenvalue weighted by Crippen LogP contribution is 2.38. The zero-order valence-corrected chi connectivity index (χ0v) is 23.5. The summed E-state index contributed by atoms with van der Waals surface area (Å²) in [5, 5.41) is 30.8. The van der Waals surface area contributed by atoms with Crippen molar-refractivity contribution < 1.29 is 34.5 Å². The Morgan fingerprint density at radius 3 is 2.17 bits per heavy atom. The van der Waals surface area contributed by atoms with Crippen LogP contribution in [-0.4, -0.2) is 64.0 Å². The molecule has 2 aromatic rings. The van der Waals surface area contributed by atoms with E-state index in [1.807, 2.05) is 48.5 Å². The normalized spacial score (nSPS) is 22.9. The first-order valence-corrected chi connectivity index (χ1v) is 14.6. The Bertz CT molecular complexity index is 1100. The van der Waals surface area contributed by atoms with Crippen molar-refractivity contribution in [1.82, 2.24) is 15.7 Å². The molecule has 0 spiro atoms. The SMILES string of the molecule is O=C(CCCCCCC(=O)NCc1ccc([C@H]2O[C@@H](CN3CC[C@H](O)C3)C[C@@H](c3ccc(CO)cc3)O2)cc1)NO. The van der Waals surface area contributed by atoms with Gasteiger partial charge in [0.1, 0.15) is 0 Å². The number of unbranched alkanes of at least 4 members (excludes halogenated alkanes) is 3. The Hall–Kier alpha value is -2.86. The second-order valence-electron chi connectivity index (χ2n) is 11.0. The summed E-state index contributed by atoms with van der Waals surface area (Å²) in [6, 6.07) is 15.7. The van der Waals surface area contributed by atoms with Crippen LogP contribution in [0.15, 0.2) is 48.5 Å². The van der Waals surface area contributed by atoms with Gasteiger partial charge in [0.15, 0.2) is 6.29 Å². The number of likely N-dealkylation sites (tertiary alicyclic amines) is 1. The Balaban J connectivity index is 1.29. The molecule has 10 heteroatoms. The molecule has 2 aromatic carbocycles. The van der Waals surface area contributed by atoms with E-state index < -0.39 is 6.29 Å². The molecule has 0 aromatic heterocycles. The van der Waals surface area contributed by atoms with Gasteiger partial charge >= 0.3 is 0 Å².